The van der Waals surface area contributed by atoms with Gasteiger partial charge in [-0.1, -0.05) is 57.6 Å². The maximum Gasteiger partial charge on any atom is 0.00696 e. The topological polar surface area (TPSA) is 12.0 Å². The highest BCUT2D eigenvalue weighted by Gasteiger charge is 2.16. The van der Waals surface area contributed by atoms with E-state index in [0.29, 0.717) is 0 Å². The van der Waals surface area contributed by atoms with Crippen LogP contribution in [0.4, 0.5) is 0 Å². The Hall–Kier alpha value is -0.300. The van der Waals surface area contributed by atoms with Gasteiger partial charge in [-0.15, -0.1) is 0 Å². The van der Waals surface area contributed by atoms with Crippen molar-refractivity contribution in [3.63, 3.8) is 0 Å². The zero-order chi connectivity index (χ0) is 14.5. The number of rotatable bonds is 11. The number of nitrogens with one attached hydrogen (secondary N) is 1. The third-order valence-electron chi connectivity index (χ3n) is 4.52. The molecule has 1 N–H and O–H groups in total. The first kappa shape index (κ1) is 17.8. The van der Waals surface area contributed by atoms with Gasteiger partial charge in [0.1, 0.15) is 0 Å². The van der Waals surface area contributed by atoms with E-state index in [4.69, 9.17) is 0 Å². The van der Waals surface area contributed by atoms with E-state index >= 15 is 0 Å². The fourth-order valence-corrected chi connectivity index (χ4v) is 3.23. The molecule has 0 aliphatic carbocycles. The lowest BCUT2D eigenvalue weighted by Gasteiger charge is -2.28. The summed E-state index contributed by atoms with van der Waals surface area (Å²) < 4.78 is 0. The largest absolute Gasteiger partial charge is 0.312 e. The molecule has 0 bridgehead atoms. The second kappa shape index (κ2) is 12.4. The van der Waals surface area contributed by atoms with Crippen molar-refractivity contribution >= 4 is 0 Å². The summed E-state index contributed by atoms with van der Waals surface area (Å²) in [5, 5.41) is 3.73. The minimum absolute atomic E-state index is 0.747. The molecule has 1 aliphatic heterocycles. The zero-order valence-electron chi connectivity index (χ0n) is 14.0. The lowest BCUT2D eigenvalue weighted by Crippen LogP contribution is -2.40. The summed E-state index contributed by atoms with van der Waals surface area (Å²) in [6, 6.07) is 1.54. The molecule has 0 saturated carbocycles. The van der Waals surface area contributed by atoms with Crippen molar-refractivity contribution in [3.8, 4) is 0 Å². The minimum atomic E-state index is 0.747. The van der Waals surface area contributed by atoms with E-state index in [2.05, 4.69) is 31.3 Å². The van der Waals surface area contributed by atoms with Gasteiger partial charge in [0.05, 0.1) is 0 Å². The van der Waals surface area contributed by atoms with Gasteiger partial charge >= 0.3 is 0 Å². The number of hydrogen-bond donors (Lipinski definition) is 1. The van der Waals surface area contributed by atoms with Gasteiger partial charge in [0.15, 0.2) is 0 Å². The van der Waals surface area contributed by atoms with Crippen LogP contribution >= 0.6 is 0 Å². The lowest BCUT2D eigenvalue weighted by atomic mass is 9.96. The van der Waals surface area contributed by atoms with Crippen LogP contribution in [0.5, 0.6) is 0 Å². The van der Waals surface area contributed by atoms with Gasteiger partial charge in [0.25, 0.3) is 0 Å². The predicted molar refractivity (Wildman–Crippen MR) is 91.2 cm³/mol. The summed E-state index contributed by atoms with van der Waals surface area (Å²) in [5.74, 6) is 0. The van der Waals surface area contributed by atoms with E-state index in [1.54, 1.807) is 0 Å². The number of allylic oxidation sites excluding steroid dienone is 2. The van der Waals surface area contributed by atoms with E-state index in [1.165, 1.54) is 83.5 Å². The minimum Gasteiger partial charge on any atom is -0.312 e. The monoisotopic (exact) mass is 279 g/mol. The maximum atomic E-state index is 3.73. The van der Waals surface area contributed by atoms with Gasteiger partial charge in [-0.3, -0.25) is 0 Å². The van der Waals surface area contributed by atoms with Crippen molar-refractivity contribution in [2.45, 2.75) is 109 Å². The lowest BCUT2D eigenvalue weighted by molar-refractivity contribution is 0.318. The molecule has 0 aromatic rings. The fraction of sp³-hybridized carbons (Fsp3) is 0.895. The Labute approximate surface area is 127 Å². The summed E-state index contributed by atoms with van der Waals surface area (Å²) in [6.45, 7) is 4.61. The van der Waals surface area contributed by atoms with Gasteiger partial charge in [-0.05, 0) is 51.9 Å². The van der Waals surface area contributed by atoms with Gasteiger partial charge in [-0.25, -0.2) is 0 Å². The van der Waals surface area contributed by atoms with Crippen molar-refractivity contribution < 1.29 is 0 Å². The molecule has 0 aromatic heterocycles. The molecule has 1 rings (SSSR count). The molecule has 1 aliphatic rings. The summed E-state index contributed by atoms with van der Waals surface area (Å²) in [6.07, 6.45) is 22.8. The third kappa shape index (κ3) is 9.58. The molecule has 1 heteroatoms. The van der Waals surface area contributed by atoms with Crippen molar-refractivity contribution in [2.75, 3.05) is 0 Å². The van der Waals surface area contributed by atoms with Crippen molar-refractivity contribution in [1.82, 2.24) is 5.32 Å². The summed E-state index contributed by atoms with van der Waals surface area (Å²) in [7, 11) is 0. The van der Waals surface area contributed by atoms with Crippen LogP contribution in [0.15, 0.2) is 12.2 Å². The van der Waals surface area contributed by atoms with E-state index in [1.807, 2.05) is 0 Å². The van der Waals surface area contributed by atoms with Crippen LogP contribution in [-0.4, -0.2) is 12.1 Å². The van der Waals surface area contributed by atoms with Gasteiger partial charge in [-0.2, -0.15) is 0 Å². The van der Waals surface area contributed by atoms with Crippen LogP contribution in [0.3, 0.4) is 0 Å². The molecule has 0 unspecified atom stereocenters. The Morgan fingerprint density at radius 1 is 0.900 bits per heavy atom. The maximum absolute atomic E-state index is 3.73. The Bertz CT molecular complexity index is 234. The van der Waals surface area contributed by atoms with E-state index < -0.39 is 0 Å². The Balaban J connectivity index is 1.84. The molecule has 118 valence electrons. The molecule has 1 heterocycles. The number of hydrogen-bond acceptors (Lipinski definition) is 1. The van der Waals surface area contributed by atoms with Crippen LogP contribution in [0.1, 0.15) is 97.3 Å². The zero-order valence-corrected chi connectivity index (χ0v) is 14.0. The normalized spacial score (nSPS) is 23.5. The third-order valence-corrected chi connectivity index (χ3v) is 4.52. The van der Waals surface area contributed by atoms with Gasteiger partial charge < -0.3 is 5.32 Å². The van der Waals surface area contributed by atoms with Crippen molar-refractivity contribution in [1.29, 1.82) is 0 Å². The standard InChI is InChI=1S/C19H37N/c1-3-4-5-6-7-8-9-10-11-12-13-16-19-17-14-15-18(2)20-19/h10-11,18-20H,3-9,12-17H2,1-2H3/b11-10+/t18-,19-/m0/s1. The smallest absolute Gasteiger partial charge is 0.00696 e. The van der Waals surface area contributed by atoms with E-state index in [0.717, 1.165) is 12.1 Å². The van der Waals surface area contributed by atoms with Crippen LogP contribution < -0.4 is 5.32 Å². The van der Waals surface area contributed by atoms with Crippen molar-refractivity contribution in [3.05, 3.63) is 12.2 Å². The highest BCUT2D eigenvalue weighted by Crippen LogP contribution is 2.16. The summed E-state index contributed by atoms with van der Waals surface area (Å²) >= 11 is 0. The Morgan fingerprint density at radius 3 is 2.35 bits per heavy atom. The summed E-state index contributed by atoms with van der Waals surface area (Å²) in [5.41, 5.74) is 0. The average Bonchev–Trinajstić information content (AvgIpc) is 2.45. The van der Waals surface area contributed by atoms with E-state index in [-0.39, 0.29) is 0 Å². The molecule has 0 aromatic carbocycles. The molecule has 0 spiro atoms. The molecule has 2 atom stereocenters. The first-order chi connectivity index (χ1) is 9.83. The average molecular weight is 280 g/mol. The second-order valence-corrected chi connectivity index (χ2v) is 6.65. The molecule has 20 heavy (non-hydrogen) atoms. The molecule has 1 saturated heterocycles. The highest BCUT2D eigenvalue weighted by atomic mass is 15.0. The molecular formula is C19H37N. The molecule has 1 fully saturated rings. The highest BCUT2D eigenvalue weighted by molar-refractivity contribution is 4.83. The fourth-order valence-electron chi connectivity index (χ4n) is 3.23. The van der Waals surface area contributed by atoms with Gasteiger partial charge in [0.2, 0.25) is 0 Å². The first-order valence-electron chi connectivity index (χ1n) is 9.24. The van der Waals surface area contributed by atoms with Crippen LogP contribution in [-0.2, 0) is 0 Å². The first-order valence-corrected chi connectivity index (χ1v) is 9.24. The summed E-state index contributed by atoms with van der Waals surface area (Å²) in [4.78, 5) is 0. The molecular weight excluding hydrogens is 242 g/mol. The van der Waals surface area contributed by atoms with Crippen LogP contribution in [0.2, 0.25) is 0 Å². The van der Waals surface area contributed by atoms with E-state index in [9.17, 15) is 0 Å². The molecule has 0 radical (unpaired) electrons. The SMILES string of the molecule is CCCCCCCC/C=C/CCC[C@H]1CCC[C@H](C)N1. The Kier molecular flexibility index (Phi) is 11.0. The Morgan fingerprint density at radius 2 is 1.60 bits per heavy atom. The molecule has 1 nitrogen and oxygen atoms in total. The van der Waals surface area contributed by atoms with Gasteiger partial charge in [0, 0.05) is 12.1 Å². The predicted octanol–water partition coefficient (Wildman–Crippen LogP) is 5.99. The van der Waals surface area contributed by atoms with Crippen LogP contribution in [0, 0.1) is 0 Å². The quantitative estimate of drug-likeness (QED) is 0.361. The van der Waals surface area contributed by atoms with Crippen LogP contribution in [0.25, 0.3) is 0 Å². The number of unbranched alkanes of at least 4 members (excludes halogenated alkanes) is 7. The van der Waals surface area contributed by atoms with Crippen molar-refractivity contribution in [2.24, 2.45) is 0 Å². The number of piperidine rings is 1. The second-order valence-electron chi connectivity index (χ2n) is 6.65. The molecule has 0 amide bonds.